The van der Waals surface area contributed by atoms with Gasteiger partial charge in [-0.3, -0.25) is 4.79 Å². The predicted molar refractivity (Wildman–Crippen MR) is 111 cm³/mol. The summed E-state index contributed by atoms with van der Waals surface area (Å²) in [5.74, 6) is 0.826. The highest BCUT2D eigenvalue weighted by Gasteiger charge is 2.14. The maximum atomic E-state index is 12.3. The van der Waals surface area contributed by atoms with E-state index < -0.39 is 18.5 Å². The summed E-state index contributed by atoms with van der Waals surface area (Å²) in [7, 11) is 2.96. The number of para-hydroxylation sites is 3. The van der Waals surface area contributed by atoms with Crippen LogP contribution in [0.4, 0.5) is 5.69 Å². The molecule has 0 spiro atoms. The number of carbonyl (C=O) groups is 2. The van der Waals surface area contributed by atoms with Crippen LogP contribution in [0.2, 0.25) is 0 Å². The van der Waals surface area contributed by atoms with Crippen molar-refractivity contribution in [2.24, 2.45) is 0 Å². The largest absolute Gasteiger partial charge is 0.497 e. The predicted octanol–water partition coefficient (Wildman–Crippen LogP) is 4.29. The Labute approximate surface area is 174 Å². The summed E-state index contributed by atoms with van der Waals surface area (Å²) >= 11 is 0. The minimum absolute atomic E-state index is 0.215. The van der Waals surface area contributed by atoms with E-state index in [0.29, 0.717) is 28.7 Å². The first kappa shape index (κ1) is 20.7. The second kappa shape index (κ2) is 9.97. The summed E-state index contributed by atoms with van der Waals surface area (Å²) < 4.78 is 21.2. The van der Waals surface area contributed by atoms with Gasteiger partial charge in [0.05, 0.1) is 25.5 Å². The molecule has 0 heterocycles. The summed E-state index contributed by atoms with van der Waals surface area (Å²) in [6.07, 6.45) is 0. The molecule has 30 heavy (non-hydrogen) atoms. The van der Waals surface area contributed by atoms with Gasteiger partial charge in [-0.1, -0.05) is 30.3 Å². The van der Waals surface area contributed by atoms with E-state index in [4.69, 9.17) is 18.9 Å². The maximum absolute atomic E-state index is 12.3. The average molecular weight is 407 g/mol. The maximum Gasteiger partial charge on any atom is 0.338 e. The van der Waals surface area contributed by atoms with Crippen LogP contribution in [0.5, 0.6) is 23.0 Å². The van der Waals surface area contributed by atoms with Gasteiger partial charge in [0.25, 0.3) is 5.91 Å². The number of methoxy groups -OCH3 is 2. The van der Waals surface area contributed by atoms with Crippen molar-refractivity contribution in [1.29, 1.82) is 0 Å². The van der Waals surface area contributed by atoms with E-state index in [0.717, 1.165) is 0 Å². The van der Waals surface area contributed by atoms with Crippen LogP contribution in [0.25, 0.3) is 0 Å². The Bertz CT molecular complexity index is 997. The third kappa shape index (κ3) is 5.51. The van der Waals surface area contributed by atoms with Gasteiger partial charge in [-0.25, -0.2) is 4.79 Å². The number of hydrogen-bond acceptors (Lipinski definition) is 6. The van der Waals surface area contributed by atoms with E-state index in [-0.39, 0.29) is 5.56 Å². The summed E-state index contributed by atoms with van der Waals surface area (Å²) in [6, 6.07) is 20.8. The minimum atomic E-state index is -0.670. The number of hydrogen-bond donors (Lipinski definition) is 1. The number of esters is 1. The van der Waals surface area contributed by atoms with Crippen LogP contribution >= 0.6 is 0 Å². The molecule has 3 rings (SSSR count). The van der Waals surface area contributed by atoms with Gasteiger partial charge in [0, 0.05) is 6.07 Å². The summed E-state index contributed by atoms with van der Waals surface area (Å²) in [4.78, 5) is 24.6. The first-order chi connectivity index (χ1) is 14.6. The summed E-state index contributed by atoms with van der Waals surface area (Å²) in [5.41, 5.74) is 0.678. The molecular formula is C23H21NO6. The third-order valence-corrected chi connectivity index (χ3v) is 4.05. The highest BCUT2D eigenvalue weighted by atomic mass is 16.5. The molecule has 0 bridgehead atoms. The van der Waals surface area contributed by atoms with Gasteiger partial charge in [-0.05, 0) is 36.4 Å². The van der Waals surface area contributed by atoms with Crippen molar-refractivity contribution in [2.45, 2.75) is 0 Å². The molecule has 3 aromatic rings. The van der Waals surface area contributed by atoms with Gasteiger partial charge in [-0.15, -0.1) is 0 Å². The second-order valence-electron chi connectivity index (χ2n) is 6.14. The lowest BCUT2D eigenvalue weighted by Gasteiger charge is -2.12. The van der Waals surface area contributed by atoms with E-state index in [1.54, 1.807) is 30.3 Å². The first-order valence-corrected chi connectivity index (χ1v) is 9.11. The summed E-state index contributed by atoms with van der Waals surface area (Å²) in [5, 5.41) is 2.69. The number of nitrogens with one attached hydrogen (secondary N) is 1. The highest BCUT2D eigenvalue weighted by molar-refractivity contribution is 5.96. The zero-order valence-electron chi connectivity index (χ0n) is 16.6. The number of ether oxygens (including phenoxy) is 4. The fraction of sp³-hybridized carbons (Fsp3) is 0.130. The fourth-order valence-electron chi connectivity index (χ4n) is 2.60. The van der Waals surface area contributed by atoms with Crippen molar-refractivity contribution in [2.75, 3.05) is 26.1 Å². The zero-order valence-corrected chi connectivity index (χ0v) is 16.6. The Hall–Kier alpha value is -4.00. The molecule has 7 heteroatoms. The molecule has 0 atom stereocenters. The Morgan fingerprint density at radius 3 is 2.10 bits per heavy atom. The van der Waals surface area contributed by atoms with Gasteiger partial charge in [0.2, 0.25) is 0 Å². The monoisotopic (exact) mass is 407 g/mol. The lowest BCUT2D eigenvalue weighted by molar-refractivity contribution is -0.119. The van der Waals surface area contributed by atoms with Crippen LogP contribution in [0.1, 0.15) is 10.4 Å². The Morgan fingerprint density at radius 2 is 1.43 bits per heavy atom. The molecule has 3 aromatic carbocycles. The van der Waals surface area contributed by atoms with Crippen LogP contribution in [0, 0.1) is 0 Å². The third-order valence-electron chi connectivity index (χ3n) is 4.05. The smallest absolute Gasteiger partial charge is 0.338 e. The van der Waals surface area contributed by atoms with E-state index >= 15 is 0 Å². The molecule has 0 aliphatic carbocycles. The molecule has 0 unspecified atom stereocenters. The fourth-order valence-corrected chi connectivity index (χ4v) is 2.60. The molecular weight excluding hydrogens is 386 g/mol. The van der Waals surface area contributed by atoms with Gasteiger partial charge in [0.15, 0.2) is 12.4 Å². The highest BCUT2D eigenvalue weighted by Crippen LogP contribution is 2.29. The molecule has 0 radical (unpaired) electrons. The number of carbonyl (C=O) groups excluding carboxylic acids is 2. The molecule has 0 saturated heterocycles. The number of amides is 1. The van der Waals surface area contributed by atoms with Crippen molar-refractivity contribution in [3.63, 3.8) is 0 Å². The molecule has 1 amide bonds. The quantitative estimate of drug-likeness (QED) is 0.561. The lowest BCUT2D eigenvalue weighted by atomic mass is 10.2. The number of rotatable bonds is 8. The van der Waals surface area contributed by atoms with Gasteiger partial charge in [0.1, 0.15) is 17.2 Å². The Morgan fingerprint density at radius 1 is 0.800 bits per heavy atom. The van der Waals surface area contributed by atoms with E-state index in [1.807, 2.05) is 30.3 Å². The van der Waals surface area contributed by atoms with E-state index in [1.165, 1.54) is 26.4 Å². The lowest BCUT2D eigenvalue weighted by Crippen LogP contribution is -2.21. The molecule has 0 saturated carbocycles. The minimum Gasteiger partial charge on any atom is -0.497 e. The molecule has 7 nitrogen and oxygen atoms in total. The van der Waals surface area contributed by atoms with Crippen LogP contribution in [-0.4, -0.2) is 32.7 Å². The molecule has 0 aliphatic rings. The second-order valence-corrected chi connectivity index (χ2v) is 6.14. The number of benzene rings is 3. The zero-order chi connectivity index (χ0) is 21.3. The molecule has 154 valence electrons. The van der Waals surface area contributed by atoms with Crippen LogP contribution in [0.3, 0.4) is 0 Å². The molecule has 0 aromatic heterocycles. The normalized spacial score (nSPS) is 10.1. The van der Waals surface area contributed by atoms with Gasteiger partial charge < -0.3 is 24.3 Å². The van der Waals surface area contributed by atoms with Crippen molar-refractivity contribution >= 4 is 17.6 Å². The summed E-state index contributed by atoms with van der Waals surface area (Å²) in [6.45, 7) is -0.460. The van der Waals surface area contributed by atoms with Crippen molar-refractivity contribution < 1.29 is 28.5 Å². The van der Waals surface area contributed by atoms with Crippen molar-refractivity contribution in [3.8, 4) is 23.0 Å². The average Bonchev–Trinajstić information content (AvgIpc) is 2.79. The first-order valence-electron chi connectivity index (χ1n) is 9.11. The van der Waals surface area contributed by atoms with Crippen molar-refractivity contribution in [3.05, 3.63) is 78.4 Å². The Balaban J connectivity index is 1.62. The molecule has 0 aliphatic heterocycles. The topological polar surface area (TPSA) is 83.1 Å². The SMILES string of the molecule is COc1cc(OC)cc(C(=O)OCC(=O)Nc2ccccc2Oc2ccccc2)c1. The van der Waals surface area contributed by atoms with Crippen molar-refractivity contribution in [1.82, 2.24) is 0 Å². The van der Waals surface area contributed by atoms with E-state index in [2.05, 4.69) is 5.32 Å². The Kier molecular flexibility index (Phi) is 6.89. The van der Waals surface area contributed by atoms with Gasteiger partial charge in [-0.2, -0.15) is 0 Å². The molecule has 0 fully saturated rings. The standard InChI is InChI=1S/C23H21NO6/c1-27-18-12-16(13-19(14-18)28-2)23(26)29-15-22(25)24-20-10-6-7-11-21(20)30-17-8-4-3-5-9-17/h3-14H,15H2,1-2H3,(H,24,25). The van der Waals surface area contributed by atoms with Crippen LogP contribution in [0.15, 0.2) is 72.8 Å². The van der Waals surface area contributed by atoms with Gasteiger partial charge >= 0.3 is 5.97 Å². The molecule has 1 N–H and O–H groups in total. The number of anilines is 1. The van der Waals surface area contributed by atoms with Crippen LogP contribution < -0.4 is 19.5 Å². The van der Waals surface area contributed by atoms with E-state index in [9.17, 15) is 9.59 Å². The van der Waals surface area contributed by atoms with Crippen LogP contribution in [-0.2, 0) is 9.53 Å².